The molecule has 0 aromatic carbocycles. The van der Waals surface area contributed by atoms with Gasteiger partial charge in [0, 0.05) is 39.3 Å². The summed E-state index contributed by atoms with van der Waals surface area (Å²) in [5.41, 5.74) is 0. The van der Waals surface area contributed by atoms with E-state index in [2.05, 4.69) is 30.0 Å². The SMILES string of the molecule is CC(C)C(C#N)C(=O)N1CCN(CCN(C)C)CC1. The lowest BCUT2D eigenvalue weighted by molar-refractivity contribution is -0.136. The Kier molecular flexibility index (Phi) is 6.26. The monoisotopic (exact) mass is 266 g/mol. The molecule has 0 bridgehead atoms. The summed E-state index contributed by atoms with van der Waals surface area (Å²) in [5, 5.41) is 9.08. The van der Waals surface area contributed by atoms with Crippen LogP contribution in [0.1, 0.15) is 13.8 Å². The Morgan fingerprint density at radius 1 is 1.26 bits per heavy atom. The standard InChI is InChI=1S/C14H26N4O/c1-12(2)13(11-15)14(19)18-9-7-17(8-10-18)6-5-16(3)4/h12-13H,5-10H2,1-4H3. The fourth-order valence-corrected chi connectivity index (χ4v) is 2.22. The van der Waals surface area contributed by atoms with Crippen molar-refractivity contribution in [3.05, 3.63) is 0 Å². The summed E-state index contributed by atoms with van der Waals surface area (Å²) in [4.78, 5) is 18.6. The Bertz CT molecular complexity index is 327. The first kappa shape index (κ1) is 15.9. The van der Waals surface area contributed by atoms with E-state index in [0.29, 0.717) is 0 Å². The zero-order chi connectivity index (χ0) is 14.4. The molecular weight excluding hydrogens is 240 g/mol. The maximum absolute atomic E-state index is 12.2. The van der Waals surface area contributed by atoms with Gasteiger partial charge in [0.05, 0.1) is 6.07 Å². The minimum absolute atomic E-state index is 0.00441. The number of carbonyl (C=O) groups excluding carboxylic acids is 1. The number of carbonyl (C=O) groups is 1. The molecule has 1 unspecified atom stereocenters. The van der Waals surface area contributed by atoms with Gasteiger partial charge in [-0.2, -0.15) is 5.26 Å². The average molecular weight is 266 g/mol. The van der Waals surface area contributed by atoms with Gasteiger partial charge in [-0.3, -0.25) is 9.69 Å². The topological polar surface area (TPSA) is 50.6 Å². The van der Waals surface area contributed by atoms with Gasteiger partial charge in [-0.25, -0.2) is 0 Å². The highest BCUT2D eigenvalue weighted by Crippen LogP contribution is 2.15. The van der Waals surface area contributed by atoms with E-state index in [-0.39, 0.29) is 11.8 Å². The molecule has 1 fully saturated rings. The molecule has 1 amide bonds. The first-order chi connectivity index (χ1) is 8.95. The second-order valence-corrected chi connectivity index (χ2v) is 5.82. The highest BCUT2D eigenvalue weighted by molar-refractivity contribution is 5.81. The van der Waals surface area contributed by atoms with E-state index in [1.807, 2.05) is 18.7 Å². The highest BCUT2D eigenvalue weighted by Gasteiger charge is 2.29. The number of hydrogen-bond donors (Lipinski definition) is 0. The van der Waals surface area contributed by atoms with Crippen molar-refractivity contribution in [2.75, 3.05) is 53.4 Å². The van der Waals surface area contributed by atoms with Crippen molar-refractivity contribution < 1.29 is 4.79 Å². The maximum atomic E-state index is 12.2. The predicted molar refractivity (Wildman–Crippen MR) is 75.5 cm³/mol. The van der Waals surface area contributed by atoms with Crippen molar-refractivity contribution in [3.8, 4) is 6.07 Å². The van der Waals surface area contributed by atoms with Crippen LogP contribution < -0.4 is 0 Å². The molecular formula is C14H26N4O. The van der Waals surface area contributed by atoms with E-state index in [4.69, 9.17) is 5.26 Å². The molecule has 0 radical (unpaired) electrons. The van der Waals surface area contributed by atoms with Gasteiger partial charge in [-0.15, -0.1) is 0 Å². The minimum atomic E-state index is -0.492. The zero-order valence-electron chi connectivity index (χ0n) is 12.6. The number of hydrogen-bond acceptors (Lipinski definition) is 4. The molecule has 0 aliphatic carbocycles. The molecule has 5 heteroatoms. The van der Waals surface area contributed by atoms with Crippen LogP contribution in [0.2, 0.25) is 0 Å². The van der Waals surface area contributed by atoms with E-state index in [1.54, 1.807) is 0 Å². The van der Waals surface area contributed by atoms with Crippen molar-refractivity contribution in [2.24, 2.45) is 11.8 Å². The fraction of sp³-hybridized carbons (Fsp3) is 0.857. The van der Waals surface area contributed by atoms with Gasteiger partial charge in [0.1, 0.15) is 5.92 Å². The van der Waals surface area contributed by atoms with Gasteiger partial charge in [0.25, 0.3) is 0 Å². The van der Waals surface area contributed by atoms with E-state index < -0.39 is 5.92 Å². The summed E-state index contributed by atoms with van der Waals surface area (Å²) in [6.07, 6.45) is 0. The lowest BCUT2D eigenvalue weighted by Crippen LogP contribution is -2.51. The number of piperazine rings is 1. The zero-order valence-corrected chi connectivity index (χ0v) is 12.6. The molecule has 1 rings (SSSR count). The molecule has 0 aromatic rings. The summed E-state index contributed by atoms with van der Waals surface area (Å²) in [6, 6.07) is 2.14. The van der Waals surface area contributed by atoms with Crippen LogP contribution in [0.4, 0.5) is 0 Å². The molecule has 1 aliphatic heterocycles. The van der Waals surface area contributed by atoms with Gasteiger partial charge in [0.15, 0.2) is 0 Å². The predicted octanol–water partition coefficient (Wildman–Crippen LogP) is 0.488. The molecule has 1 atom stereocenters. The lowest BCUT2D eigenvalue weighted by atomic mass is 9.95. The van der Waals surface area contributed by atoms with Gasteiger partial charge in [-0.05, 0) is 20.0 Å². The van der Waals surface area contributed by atoms with Gasteiger partial charge in [-0.1, -0.05) is 13.8 Å². The van der Waals surface area contributed by atoms with Crippen LogP contribution in [0.3, 0.4) is 0 Å². The first-order valence-electron chi connectivity index (χ1n) is 7.01. The summed E-state index contributed by atoms with van der Waals surface area (Å²) < 4.78 is 0. The lowest BCUT2D eigenvalue weighted by Gasteiger charge is -2.36. The van der Waals surface area contributed by atoms with E-state index >= 15 is 0 Å². The van der Waals surface area contributed by atoms with Crippen LogP contribution in [0.5, 0.6) is 0 Å². The molecule has 0 saturated carbocycles. The number of amides is 1. The first-order valence-corrected chi connectivity index (χ1v) is 7.01. The number of nitriles is 1. The summed E-state index contributed by atoms with van der Waals surface area (Å²) >= 11 is 0. The van der Waals surface area contributed by atoms with Crippen molar-refractivity contribution in [2.45, 2.75) is 13.8 Å². The van der Waals surface area contributed by atoms with Crippen molar-refractivity contribution >= 4 is 5.91 Å². The Morgan fingerprint density at radius 3 is 2.26 bits per heavy atom. The smallest absolute Gasteiger partial charge is 0.240 e. The Hall–Kier alpha value is -1.12. The normalized spacial score (nSPS) is 18.7. The highest BCUT2D eigenvalue weighted by atomic mass is 16.2. The third kappa shape index (κ3) is 4.81. The van der Waals surface area contributed by atoms with Gasteiger partial charge < -0.3 is 9.80 Å². The maximum Gasteiger partial charge on any atom is 0.240 e. The Morgan fingerprint density at radius 2 is 1.84 bits per heavy atom. The van der Waals surface area contributed by atoms with Gasteiger partial charge in [0.2, 0.25) is 5.91 Å². The van der Waals surface area contributed by atoms with Crippen LogP contribution in [0.15, 0.2) is 0 Å². The quantitative estimate of drug-likeness (QED) is 0.726. The second kappa shape index (κ2) is 7.46. The van der Waals surface area contributed by atoms with Gasteiger partial charge >= 0.3 is 0 Å². The molecule has 0 spiro atoms. The second-order valence-electron chi connectivity index (χ2n) is 5.82. The Labute approximate surface area is 116 Å². The number of nitrogens with zero attached hydrogens (tertiary/aromatic N) is 4. The largest absolute Gasteiger partial charge is 0.339 e. The average Bonchev–Trinajstić information content (AvgIpc) is 2.37. The van der Waals surface area contributed by atoms with Crippen LogP contribution in [0, 0.1) is 23.2 Å². The third-order valence-corrected chi connectivity index (χ3v) is 3.62. The molecule has 1 heterocycles. The van der Waals surface area contributed by atoms with E-state index in [1.165, 1.54) is 0 Å². The van der Waals surface area contributed by atoms with Crippen molar-refractivity contribution in [3.63, 3.8) is 0 Å². The van der Waals surface area contributed by atoms with Crippen LogP contribution in [-0.2, 0) is 4.79 Å². The molecule has 1 saturated heterocycles. The van der Waals surface area contributed by atoms with E-state index in [0.717, 1.165) is 39.3 Å². The minimum Gasteiger partial charge on any atom is -0.339 e. The van der Waals surface area contributed by atoms with Crippen LogP contribution in [-0.4, -0.2) is 74.0 Å². The molecule has 19 heavy (non-hydrogen) atoms. The molecule has 0 aromatic heterocycles. The summed E-state index contributed by atoms with van der Waals surface area (Å²) in [7, 11) is 4.14. The third-order valence-electron chi connectivity index (χ3n) is 3.62. The van der Waals surface area contributed by atoms with Crippen LogP contribution in [0.25, 0.3) is 0 Å². The van der Waals surface area contributed by atoms with E-state index in [9.17, 15) is 4.79 Å². The van der Waals surface area contributed by atoms with Crippen LogP contribution >= 0.6 is 0 Å². The summed E-state index contributed by atoms with van der Waals surface area (Å²) in [5.74, 6) is -0.401. The molecule has 108 valence electrons. The molecule has 1 aliphatic rings. The van der Waals surface area contributed by atoms with Crippen molar-refractivity contribution in [1.82, 2.24) is 14.7 Å². The molecule has 5 nitrogen and oxygen atoms in total. The molecule has 0 N–H and O–H groups in total. The summed E-state index contributed by atoms with van der Waals surface area (Å²) in [6.45, 7) is 9.26. The number of rotatable bonds is 5. The van der Waals surface area contributed by atoms with Crippen molar-refractivity contribution in [1.29, 1.82) is 5.26 Å². The number of likely N-dealkylation sites (N-methyl/N-ethyl adjacent to an activating group) is 1. The Balaban J connectivity index is 2.41. The fourth-order valence-electron chi connectivity index (χ4n) is 2.22.